The van der Waals surface area contributed by atoms with E-state index in [0.717, 1.165) is 25.0 Å². The number of nitro groups is 1. The number of aliphatic imine (C=N–C) groups is 1. The van der Waals surface area contributed by atoms with Crippen LogP contribution in [0.2, 0.25) is 10.0 Å². The Kier molecular flexibility index (Phi) is 5.90. The third-order valence-corrected chi connectivity index (χ3v) is 3.93. The van der Waals surface area contributed by atoms with Crippen LogP contribution >= 0.6 is 23.2 Å². The van der Waals surface area contributed by atoms with E-state index in [1.54, 1.807) is 6.92 Å². The lowest BCUT2D eigenvalue weighted by atomic mass is 9.98. The Morgan fingerprint density at radius 3 is 2.62 bits per heavy atom. The number of ketones is 1. The summed E-state index contributed by atoms with van der Waals surface area (Å²) in [5.74, 6) is -2.80. The summed E-state index contributed by atoms with van der Waals surface area (Å²) in [5, 5.41) is 10.7. The molecule has 0 aromatic heterocycles. The largest absolute Gasteiger partial charge is 0.465 e. The SMILES string of the molecule is CCOC(=O)C(C=NC1CC1)C(=O)c1cc([N+](=O)[O-])c(Cl)cc1Cl. The summed E-state index contributed by atoms with van der Waals surface area (Å²) in [6, 6.07) is 2.17. The molecule has 0 N–H and O–H groups in total. The molecule has 0 bridgehead atoms. The van der Waals surface area contributed by atoms with E-state index >= 15 is 0 Å². The van der Waals surface area contributed by atoms with Crippen LogP contribution in [0, 0.1) is 16.0 Å². The fraction of sp³-hybridized carbons (Fsp3) is 0.400. The van der Waals surface area contributed by atoms with Crippen LogP contribution in [0.15, 0.2) is 17.1 Å². The van der Waals surface area contributed by atoms with Gasteiger partial charge >= 0.3 is 5.97 Å². The van der Waals surface area contributed by atoms with Crippen LogP contribution in [0.5, 0.6) is 0 Å². The highest BCUT2D eigenvalue weighted by molar-refractivity contribution is 6.38. The molecule has 2 rings (SSSR count). The normalized spacial score (nSPS) is 15.3. The third-order valence-electron chi connectivity index (χ3n) is 3.31. The average molecular weight is 373 g/mol. The minimum Gasteiger partial charge on any atom is -0.465 e. The van der Waals surface area contributed by atoms with Crippen molar-refractivity contribution in [1.29, 1.82) is 0 Å². The summed E-state index contributed by atoms with van der Waals surface area (Å²) in [7, 11) is 0. The molecule has 1 aromatic carbocycles. The summed E-state index contributed by atoms with van der Waals surface area (Å²) < 4.78 is 4.89. The van der Waals surface area contributed by atoms with Gasteiger partial charge in [0.15, 0.2) is 11.7 Å². The molecule has 1 aliphatic carbocycles. The molecule has 1 saturated carbocycles. The number of ether oxygens (including phenoxy) is 1. The zero-order valence-electron chi connectivity index (χ0n) is 12.7. The van der Waals surface area contributed by atoms with Crippen molar-refractivity contribution in [3.63, 3.8) is 0 Å². The van der Waals surface area contributed by atoms with E-state index in [0.29, 0.717) is 0 Å². The number of hydrogen-bond acceptors (Lipinski definition) is 6. The second-order valence-electron chi connectivity index (χ2n) is 5.16. The van der Waals surface area contributed by atoms with E-state index in [1.807, 2.05) is 0 Å². The molecule has 1 unspecified atom stereocenters. The molecule has 0 spiro atoms. The van der Waals surface area contributed by atoms with Crippen molar-refractivity contribution in [2.75, 3.05) is 6.61 Å². The van der Waals surface area contributed by atoms with Crippen molar-refractivity contribution in [3.8, 4) is 0 Å². The maximum absolute atomic E-state index is 12.7. The number of Topliss-reactive ketones (excluding diaryl/α,β-unsaturated/α-hetero) is 1. The number of rotatable bonds is 7. The Labute approximate surface area is 147 Å². The summed E-state index contributed by atoms with van der Waals surface area (Å²) in [5.41, 5.74) is -0.640. The zero-order chi connectivity index (χ0) is 17.9. The Hall–Kier alpha value is -1.99. The highest BCUT2D eigenvalue weighted by Gasteiger charge is 2.32. The molecule has 1 fully saturated rings. The Balaban J connectivity index is 2.39. The van der Waals surface area contributed by atoms with Crippen molar-refractivity contribution in [2.45, 2.75) is 25.8 Å². The van der Waals surface area contributed by atoms with Gasteiger partial charge in [-0.2, -0.15) is 0 Å². The summed E-state index contributed by atoms with van der Waals surface area (Å²) >= 11 is 11.7. The molecule has 7 nitrogen and oxygen atoms in total. The molecular formula is C15H14Cl2N2O5. The fourth-order valence-corrected chi connectivity index (χ4v) is 2.48. The Morgan fingerprint density at radius 2 is 2.08 bits per heavy atom. The molecule has 24 heavy (non-hydrogen) atoms. The molecule has 0 radical (unpaired) electrons. The first kappa shape index (κ1) is 18.4. The van der Waals surface area contributed by atoms with Crippen molar-refractivity contribution in [1.82, 2.24) is 0 Å². The quantitative estimate of drug-likeness (QED) is 0.182. The van der Waals surface area contributed by atoms with Gasteiger partial charge in [0.1, 0.15) is 5.02 Å². The van der Waals surface area contributed by atoms with Crippen LogP contribution in [0.1, 0.15) is 30.1 Å². The maximum Gasteiger partial charge on any atom is 0.322 e. The van der Waals surface area contributed by atoms with Gasteiger partial charge in [0, 0.05) is 23.9 Å². The minimum absolute atomic E-state index is 0.0790. The number of nitro benzene ring substituents is 1. The highest BCUT2D eigenvalue weighted by atomic mass is 35.5. The van der Waals surface area contributed by atoms with E-state index in [-0.39, 0.29) is 28.3 Å². The van der Waals surface area contributed by atoms with Crippen LogP contribution in [-0.2, 0) is 9.53 Å². The van der Waals surface area contributed by atoms with Crippen LogP contribution in [0.3, 0.4) is 0 Å². The van der Waals surface area contributed by atoms with Crippen LogP contribution in [0.4, 0.5) is 5.69 Å². The fourth-order valence-electron chi connectivity index (χ4n) is 1.93. The molecule has 1 aliphatic rings. The summed E-state index contributed by atoms with van der Waals surface area (Å²) in [6.07, 6.45) is 3.02. The summed E-state index contributed by atoms with van der Waals surface area (Å²) in [4.78, 5) is 39.1. The molecular weight excluding hydrogens is 359 g/mol. The predicted octanol–water partition coefficient (Wildman–Crippen LogP) is 3.50. The van der Waals surface area contributed by atoms with Crippen molar-refractivity contribution >= 4 is 46.9 Å². The number of halogens is 2. The van der Waals surface area contributed by atoms with E-state index in [9.17, 15) is 19.7 Å². The number of esters is 1. The Morgan fingerprint density at radius 1 is 1.42 bits per heavy atom. The lowest BCUT2D eigenvalue weighted by Crippen LogP contribution is -2.28. The number of nitrogens with zero attached hydrogens (tertiary/aromatic N) is 2. The monoisotopic (exact) mass is 372 g/mol. The summed E-state index contributed by atoms with van der Waals surface area (Å²) in [6.45, 7) is 1.70. The van der Waals surface area contributed by atoms with E-state index in [1.165, 1.54) is 6.21 Å². The van der Waals surface area contributed by atoms with Gasteiger partial charge in [-0.15, -0.1) is 0 Å². The van der Waals surface area contributed by atoms with Gasteiger partial charge in [-0.3, -0.25) is 24.7 Å². The molecule has 0 amide bonds. The second-order valence-corrected chi connectivity index (χ2v) is 5.98. The standard InChI is InChI=1S/C15H14Cl2N2O5/c1-2-24-15(21)10(7-18-8-3-4-8)14(20)9-5-13(19(22)23)12(17)6-11(9)16/h5-8,10H,2-4H2,1H3. The van der Waals surface area contributed by atoms with Crippen molar-refractivity contribution < 1.29 is 19.2 Å². The molecule has 9 heteroatoms. The first-order valence-corrected chi connectivity index (χ1v) is 7.98. The number of carbonyl (C=O) groups is 2. The zero-order valence-corrected chi connectivity index (χ0v) is 14.2. The maximum atomic E-state index is 12.7. The lowest BCUT2D eigenvalue weighted by molar-refractivity contribution is -0.384. The first-order valence-electron chi connectivity index (χ1n) is 7.22. The molecule has 128 valence electrons. The smallest absolute Gasteiger partial charge is 0.322 e. The van der Waals surface area contributed by atoms with Gasteiger partial charge in [0.25, 0.3) is 5.69 Å². The second kappa shape index (κ2) is 7.72. The number of hydrogen-bond donors (Lipinski definition) is 0. The van der Waals surface area contributed by atoms with Crippen molar-refractivity contribution in [2.24, 2.45) is 10.9 Å². The molecule has 1 aromatic rings. The van der Waals surface area contributed by atoms with Crippen LogP contribution in [-0.4, -0.2) is 35.5 Å². The first-order chi connectivity index (χ1) is 11.3. The van der Waals surface area contributed by atoms with E-state index in [2.05, 4.69) is 4.99 Å². The van der Waals surface area contributed by atoms with Gasteiger partial charge in [-0.1, -0.05) is 23.2 Å². The van der Waals surface area contributed by atoms with Crippen LogP contribution in [0.25, 0.3) is 0 Å². The number of carbonyl (C=O) groups excluding carboxylic acids is 2. The topological polar surface area (TPSA) is 98.9 Å². The lowest BCUT2D eigenvalue weighted by Gasteiger charge is -2.12. The third kappa shape index (κ3) is 4.30. The van der Waals surface area contributed by atoms with E-state index < -0.39 is 28.3 Å². The van der Waals surface area contributed by atoms with Gasteiger partial charge in [0.2, 0.25) is 0 Å². The van der Waals surface area contributed by atoms with E-state index in [4.69, 9.17) is 27.9 Å². The molecule has 0 heterocycles. The van der Waals surface area contributed by atoms with Gasteiger partial charge < -0.3 is 4.74 Å². The van der Waals surface area contributed by atoms with Crippen molar-refractivity contribution in [3.05, 3.63) is 37.9 Å². The molecule has 0 saturated heterocycles. The predicted molar refractivity (Wildman–Crippen MR) is 89.1 cm³/mol. The average Bonchev–Trinajstić information content (AvgIpc) is 3.31. The van der Waals surface area contributed by atoms with Gasteiger partial charge in [0.05, 0.1) is 16.6 Å². The molecule has 1 atom stereocenters. The minimum atomic E-state index is -1.30. The van der Waals surface area contributed by atoms with Gasteiger partial charge in [-0.25, -0.2) is 0 Å². The number of benzene rings is 1. The molecule has 0 aliphatic heterocycles. The van der Waals surface area contributed by atoms with Crippen LogP contribution < -0.4 is 0 Å². The Bertz CT molecular complexity index is 716. The van der Waals surface area contributed by atoms with Gasteiger partial charge in [-0.05, 0) is 25.8 Å². The highest BCUT2D eigenvalue weighted by Crippen LogP contribution is 2.32.